The fourth-order valence-corrected chi connectivity index (χ4v) is 2.66. The fourth-order valence-electron chi connectivity index (χ4n) is 0.875. The first-order valence-corrected chi connectivity index (χ1v) is 6.22. The highest BCUT2D eigenvalue weighted by molar-refractivity contribution is 8.02. The summed E-state index contributed by atoms with van der Waals surface area (Å²) in [5, 5.41) is 4.70. The Hall–Kier alpha value is -0.550. The number of thioether (sulfide) groups is 1. The second kappa shape index (κ2) is 5.36. The van der Waals surface area contributed by atoms with Gasteiger partial charge in [0.2, 0.25) is 5.91 Å². The van der Waals surface area contributed by atoms with E-state index < -0.39 is 0 Å². The number of aromatic nitrogens is 1. The third kappa shape index (κ3) is 3.67. The number of rotatable bonds is 4. The second-order valence-corrected chi connectivity index (χ2v) is 5.70. The van der Waals surface area contributed by atoms with Crippen molar-refractivity contribution in [3.05, 3.63) is 11.6 Å². The summed E-state index contributed by atoms with van der Waals surface area (Å²) < 4.78 is 0.941. The average molecular weight is 230 g/mol. The standard InChI is InChI=1S/C9H14N2OS2/c1-6(2)11-8(12)7(3)14-9-10-4-5-13-9/h4-7H,1-3H3,(H,11,12)/t7-/m0/s1. The van der Waals surface area contributed by atoms with Crippen molar-refractivity contribution >= 4 is 29.0 Å². The van der Waals surface area contributed by atoms with Crippen LogP contribution < -0.4 is 5.32 Å². The van der Waals surface area contributed by atoms with E-state index in [1.165, 1.54) is 11.8 Å². The lowest BCUT2D eigenvalue weighted by Gasteiger charge is -2.12. The minimum atomic E-state index is -0.0800. The molecule has 5 heteroatoms. The van der Waals surface area contributed by atoms with Gasteiger partial charge in [0.1, 0.15) is 0 Å². The number of hydrogen-bond acceptors (Lipinski definition) is 4. The highest BCUT2D eigenvalue weighted by atomic mass is 32.2. The number of thiazole rings is 1. The first-order chi connectivity index (χ1) is 6.59. The van der Waals surface area contributed by atoms with Crippen LogP contribution in [-0.4, -0.2) is 22.2 Å². The van der Waals surface area contributed by atoms with Crippen LogP contribution in [0.5, 0.6) is 0 Å². The van der Waals surface area contributed by atoms with Gasteiger partial charge in [0.05, 0.1) is 5.25 Å². The summed E-state index contributed by atoms with van der Waals surface area (Å²) in [6, 6.07) is 0.196. The maximum atomic E-state index is 11.5. The first-order valence-electron chi connectivity index (χ1n) is 4.46. The van der Waals surface area contributed by atoms with E-state index in [1.54, 1.807) is 17.5 Å². The van der Waals surface area contributed by atoms with E-state index in [4.69, 9.17) is 0 Å². The summed E-state index contributed by atoms with van der Waals surface area (Å²) in [5.41, 5.74) is 0. The molecule has 0 aromatic carbocycles. The van der Waals surface area contributed by atoms with E-state index in [-0.39, 0.29) is 17.2 Å². The molecule has 1 N–H and O–H groups in total. The Kier molecular flexibility index (Phi) is 4.41. The minimum absolute atomic E-state index is 0.0696. The van der Waals surface area contributed by atoms with Gasteiger partial charge in [-0.2, -0.15) is 0 Å². The molecule has 0 fully saturated rings. The number of nitrogens with zero attached hydrogens (tertiary/aromatic N) is 1. The Bertz CT molecular complexity index is 285. The Morgan fingerprint density at radius 2 is 2.29 bits per heavy atom. The summed E-state index contributed by atoms with van der Waals surface area (Å²) in [6.07, 6.45) is 1.75. The van der Waals surface area contributed by atoms with Gasteiger partial charge in [0.25, 0.3) is 0 Å². The highest BCUT2D eigenvalue weighted by Crippen LogP contribution is 2.24. The molecule has 0 aliphatic carbocycles. The summed E-state index contributed by atoms with van der Waals surface area (Å²) in [5.74, 6) is 0.0696. The van der Waals surface area contributed by atoms with Crippen LogP contribution in [0, 0.1) is 0 Å². The molecule has 0 saturated heterocycles. The van der Waals surface area contributed by atoms with Crippen LogP contribution in [0.2, 0.25) is 0 Å². The van der Waals surface area contributed by atoms with Crippen LogP contribution in [0.25, 0.3) is 0 Å². The lowest BCUT2D eigenvalue weighted by atomic mass is 10.3. The minimum Gasteiger partial charge on any atom is -0.353 e. The maximum absolute atomic E-state index is 11.5. The van der Waals surface area contributed by atoms with Crippen molar-refractivity contribution in [3.63, 3.8) is 0 Å². The molecule has 0 spiro atoms. The average Bonchev–Trinajstić information content (AvgIpc) is 2.55. The molecule has 3 nitrogen and oxygen atoms in total. The zero-order chi connectivity index (χ0) is 10.6. The number of nitrogens with one attached hydrogen (secondary N) is 1. The molecule has 1 amide bonds. The summed E-state index contributed by atoms with van der Waals surface area (Å²) >= 11 is 3.06. The van der Waals surface area contributed by atoms with Crippen molar-refractivity contribution in [3.8, 4) is 0 Å². The number of amides is 1. The Labute approximate surface area is 92.3 Å². The van der Waals surface area contributed by atoms with E-state index in [0.29, 0.717) is 0 Å². The lowest BCUT2D eigenvalue weighted by molar-refractivity contribution is -0.120. The molecule has 0 saturated carbocycles. The smallest absolute Gasteiger partial charge is 0.233 e. The number of carbonyl (C=O) groups is 1. The quantitative estimate of drug-likeness (QED) is 0.806. The van der Waals surface area contributed by atoms with Gasteiger partial charge in [-0.25, -0.2) is 4.98 Å². The molecule has 14 heavy (non-hydrogen) atoms. The highest BCUT2D eigenvalue weighted by Gasteiger charge is 2.15. The molecular formula is C9H14N2OS2. The predicted molar refractivity (Wildman–Crippen MR) is 60.7 cm³/mol. The Morgan fingerprint density at radius 3 is 2.79 bits per heavy atom. The van der Waals surface area contributed by atoms with E-state index in [9.17, 15) is 4.79 Å². The lowest BCUT2D eigenvalue weighted by Crippen LogP contribution is -2.35. The van der Waals surface area contributed by atoms with Gasteiger partial charge < -0.3 is 5.32 Å². The van der Waals surface area contributed by atoms with Crippen LogP contribution in [0.4, 0.5) is 0 Å². The molecule has 0 radical (unpaired) electrons. The zero-order valence-corrected chi connectivity index (χ0v) is 10.1. The predicted octanol–water partition coefficient (Wildman–Crippen LogP) is 2.15. The molecule has 78 valence electrons. The van der Waals surface area contributed by atoms with Gasteiger partial charge in [-0.15, -0.1) is 11.3 Å². The van der Waals surface area contributed by atoms with Crippen molar-refractivity contribution in [1.29, 1.82) is 0 Å². The van der Waals surface area contributed by atoms with Crippen LogP contribution in [0.15, 0.2) is 15.9 Å². The van der Waals surface area contributed by atoms with Crippen molar-refractivity contribution < 1.29 is 4.79 Å². The molecule has 0 bridgehead atoms. The Balaban J connectivity index is 2.42. The molecule has 0 unspecified atom stereocenters. The van der Waals surface area contributed by atoms with E-state index in [0.717, 1.165) is 4.34 Å². The monoisotopic (exact) mass is 230 g/mol. The van der Waals surface area contributed by atoms with Crippen molar-refractivity contribution in [2.24, 2.45) is 0 Å². The summed E-state index contributed by atoms with van der Waals surface area (Å²) in [6.45, 7) is 5.81. The zero-order valence-electron chi connectivity index (χ0n) is 8.48. The van der Waals surface area contributed by atoms with Crippen LogP contribution >= 0.6 is 23.1 Å². The van der Waals surface area contributed by atoms with Crippen LogP contribution in [-0.2, 0) is 4.79 Å². The fraction of sp³-hybridized carbons (Fsp3) is 0.556. The molecule has 1 atom stereocenters. The SMILES string of the molecule is CC(C)NC(=O)[C@H](C)Sc1nccs1. The molecule has 0 aliphatic heterocycles. The topological polar surface area (TPSA) is 42.0 Å². The van der Waals surface area contributed by atoms with Crippen LogP contribution in [0.1, 0.15) is 20.8 Å². The van der Waals surface area contributed by atoms with Gasteiger partial charge in [-0.1, -0.05) is 11.8 Å². The first kappa shape index (κ1) is 11.5. The molecule has 1 aromatic rings. The van der Waals surface area contributed by atoms with Gasteiger partial charge in [-0.3, -0.25) is 4.79 Å². The van der Waals surface area contributed by atoms with E-state index >= 15 is 0 Å². The van der Waals surface area contributed by atoms with Crippen LogP contribution in [0.3, 0.4) is 0 Å². The third-order valence-corrected chi connectivity index (χ3v) is 3.50. The summed E-state index contributed by atoms with van der Waals surface area (Å²) in [4.78, 5) is 15.6. The van der Waals surface area contributed by atoms with Gasteiger partial charge in [-0.05, 0) is 20.8 Å². The molecule has 1 aromatic heterocycles. The van der Waals surface area contributed by atoms with E-state index in [2.05, 4.69) is 10.3 Å². The second-order valence-electron chi connectivity index (χ2n) is 3.22. The van der Waals surface area contributed by atoms with Crippen molar-refractivity contribution in [2.45, 2.75) is 36.4 Å². The van der Waals surface area contributed by atoms with Gasteiger partial charge >= 0.3 is 0 Å². The molecule has 1 rings (SSSR count). The van der Waals surface area contributed by atoms with Gasteiger partial charge in [0, 0.05) is 17.6 Å². The third-order valence-electron chi connectivity index (χ3n) is 1.49. The van der Waals surface area contributed by atoms with Gasteiger partial charge in [0.15, 0.2) is 4.34 Å². The number of carbonyl (C=O) groups excluding carboxylic acids is 1. The largest absolute Gasteiger partial charge is 0.353 e. The Morgan fingerprint density at radius 1 is 1.57 bits per heavy atom. The van der Waals surface area contributed by atoms with Crippen molar-refractivity contribution in [2.75, 3.05) is 0 Å². The van der Waals surface area contributed by atoms with Crippen molar-refractivity contribution in [1.82, 2.24) is 10.3 Å². The molecule has 0 aliphatic rings. The molecular weight excluding hydrogens is 216 g/mol. The van der Waals surface area contributed by atoms with E-state index in [1.807, 2.05) is 26.2 Å². The molecule has 1 heterocycles. The maximum Gasteiger partial charge on any atom is 0.233 e. The normalized spacial score (nSPS) is 12.9. The number of hydrogen-bond donors (Lipinski definition) is 1. The summed E-state index contributed by atoms with van der Waals surface area (Å²) in [7, 11) is 0.